The number of halogens is 4. The number of fused-ring (bicyclic) bond motifs is 1. The van der Waals surface area contributed by atoms with Crippen molar-refractivity contribution in [2.45, 2.75) is 5.60 Å². The molecule has 3 aromatic rings. The molecule has 0 aromatic heterocycles. The van der Waals surface area contributed by atoms with Crippen LogP contribution in [0.4, 0.5) is 8.78 Å². The molecule has 0 unspecified atom stereocenters. The van der Waals surface area contributed by atoms with Gasteiger partial charge in [-0.3, -0.25) is 0 Å². The first kappa shape index (κ1) is 17.9. The maximum atomic E-state index is 13.5. The number of para-hydroxylation sites is 1. The van der Waals surface area contributed by atoms with E-state index in [0.717, 1.165) is 29.6 Å². The van der Waals surface area contributed by atoms with Crippen molar-refractivity contribution in [1.82, 2.24) is 0 Å². The van der Waals surface area contributed by atoms with E-state index in [4.69, 9.17) is 4.74 Å². The Hall–Kier alpha value is -1.48. The molecule has 0 spiro atoms. The Balaban J connectivity index is 2.03. The standard InChI is InChI=1S/C21H12F2I2O/c22-15-9-5-13(6-10-15)21(14-7-11-16(23)12-8-14)20(25)19(24)17-3-1-2-4-18(17)26-21/h1-12H. The third-order valence-electron chi connectivity index (χ3n) is 4.39. The first-order valence-corrected chi connectivity index (χ1v) is 10.0. The normalized spacial score (nSPS) is 15.4. The van der Waals surface area contributed by atoms with Crippen molar-refractivity contribution in [3.63, 3.8) is 0 Å². The maximum Gasteiger partial charge on any atom is 0.191 e. The predicted molar refractivity (Wildman–Crippen MR) is 116 cm³/mol. The summed E-state index contributed by atoms with van der Waals surface area (Å²) in [5, 5.41) is 0. The molecule has 1 aliphatic heterocycles. The van der Waals surface area contributed by atoms with Gasteiger partial charge in [-0.2, -0.15) is 0 Å². The average Bonchev–Trinajstić information content (AvgIpc) is 2.66. The molecule has 0 saturated heterocycles. The number of ether oxygens (including phenoxy) is 1. The van der Waals surface area contributed by atoms with Crippen LogP contribution in [0, 0.1) is 11.6 Å². The molecule has 5 heteroatoms. The van der Waals surface area contributed by atoms with Crippen LogP contribution in [-0.2, 0) is 5.60 Å². The van der Waals surface area contributed by atoms with Crippen molar-refractivity contribution in [3.05, 3.63) is 105 Å². The highest BCUT2D eigenvalue weighted by Gasteiger charge is 2.44. The van der Waals surface area contributed by atoms with Crippen LogP contribution in [0.15, 0.2) is 76.4 Å². The van der Waals surface area contributed by atoms with E-state index in [2.05, 4.69) is 45.2 Å². The van der Waals surface area contributed by atoms with Crippen molar-refractivity contribution < 1.29 is 13.5 Å². The Morgan fingerprint density at radius 1 is 0.692 bits per heavy atom. The Morgan fingerprint density at radius 2 is 1.19 bits per heavy atom. The van der Waals surface area contributed by atoms with E-state index in [9.17, 15) is 8.78 Å². The van der Waals surface area contributed by atoms with Crippen LogP contribution in [-0.4, -0.2) is 0 Å². The fourth-order valence-electron chi connectivity index (χ4n) is 3.13. The van der Waals surface area contributed by atoms with E-state index in [1.807, 2.05) is 24.3 Å². The van der Waals surface area contributed by atoms with E-state index in [1.165, 1.54) is 24.3 Å². The summed E-state index contributed by atoms with van der Waals surface area (Å²) in [6.45, 7) is 0. The second-order valence-corrected chi connectivity index (χ2v) is 8.08. The van der Waals surface area contributed by atoms with Gasteiger partial charge in [0.25, 0.3) is 0 Å². The molecule has 4 rings (SSSR count). The second kappa shape index (κ2) is 6.92. The number of hydrogen-bond acceptors (Lipinski definition) is 1. The van der Waals surface area contributed by atoms with Crippen molar-refractivity contribution in [1.29, 1.82) is 0 Å². The molecule has 0 amide bonds. The van der Waals surface area contributed by atoms with Crippen LogP contribution in [0.3, 0.4) is 0 Å². The lowest BCUT2D eigenvalue weighted by Crippen LogP contribution is -2.37. The molecule has 0 bridgehead atoms. The van der Waals surface area contributed by atoms with Gasteiger partial charge in [0.05, 0.1) is 3.58 Å². The lowest BCUT2D eigenvalue weighted by molar-refractivity contribution is 0.158. The molecule has 0 atom stereocenters. The largest absolute Gasteiger partial charge is 0.472 e. The summed E-state index contributed by atoms with van der Waals surface area (Å²) in [5.74, 6) is 0.117. The van der Waals surface area contributed by atoms with Crippen LogP contribution >= 0.6 is 45.2 Å². The van der Waals surface area contributed by atoms with E-state index in [0.29, 0.717) is 0 Å². The first-order valence-electron chi connectivity index (χ1n) is 7.88. The zero-order chi connectivity index (χ0) is 18.3. The molecular weight excluding hydrogens is 560 g/mol. The first-order chi connectivity index (χ1) is 12.5. The van der Waals surface area contributed by atoms with Crippen LogP contribution in [0.2, 0.25) is 0 Å². The quantitative estimate of drug-likeness (QED) is 0.306. The summed E-state index contributed by atoms with van der Waals surface area (Å²) in [6, 6.07) is 20.3. The molecule has 26 heavy (non-hydrogen) atoms. The minimum Gasteiger partial charge on any atom is -0.472 e. The van der Waals surface area contributed by atoms with Crippen LogP contribution in [0.25, 0.3) is 3.58 Å². The van der Waals surface area contributed by atoms with E-state index >= 15 is 0 Å². The SMILES string of the molecule is Fc1ccc(C2(c3ccc(F)cc3)Oc3ccccc3C(I)=C2I)cc1. The minimum atomic E-state index is -0.952. The van der Waals surface area contributed by atoms with Gasteiger partial charge in [0.2, 0.25) is 0 Å². The Labute approximate surface area is 177 Å². The monoisotopic (exact) mass is 572 g/mol. The molecular formula is C21H12F2I2O. The summed E-state index contributed by atoms with van der Waals surface area (Å²) in [7, 11) is 0. The predicted octanol–water partition coefficient (Wildman–Crippen LogP) is 6.84. The Bertz CT molecular complexity index is 950. The van der Waals surface area contributed by atoms with Gasteiger partial charge in [0.1, 0.15) is 17.4 Å². The van der Waals surface area contributed by atoms with Crippen molar-refractivity contribution >= 4 is 48.8 Å². The third kappa shape index (κ3) is 2.85. The van der Waals surface area contributed by atoms with Gasteiger partial charge >= 0.3 is 0 Å². The summed E-state index contributed by atoms with van der Waals surface area (Å²) < 4.78 is 35.6. The molecule has 130 valence electrons. The van der Waals surface area contributed by atoms with Crippen molar-refractivity contribution in [3.8, 4) is 5.75 Å². The molecule has 1 nitrogen and oxygen atoms in total. The number of benzene rings is 3. The van der Waals surface area contributed by atoms with Gasteiger partial charge in [-0.1, -0.05) is 42.5 Å². The van der Waals surface area contributed by atoms with Gasteiger partial charge in [0.15, 0.2) is 5.60 Å². The summed E-state index contributed by atoms with van der Waals surface area (Å²) in [5.41, 5.74) is 1.64. The molecule has 0 radical (unpaired) electrons. The number of rotatable bonds is 2. The molecule has 0 aliphatic carbocycles. The second-order valence-electron chi connectivity index (χ2n) is 5.92. The van der Waals surface area contributed by atoms with Crippen LogP contribution < -0.4 is 4.74 Å². The molecule has 1 aliphatic rings. The van der Waals surface area contributed by atoms with Gasteiger partial charge in [0, 0.05) is 20.3 Å². The smallest absolute Gasteiger partial charge is 0.191 e. The summed E-state index contributed by atoms with van der Waals surface area (Å²) >= 11 is 4.59. The lowest BCUT2D eigenvalue weighted by Gasteiger charge is -2.40. The van der Waals surface area contributed by atoms with E-state index in [-0.39, 0.29) is 11.6 Å². The topological polar surface area (TPSA) is 9.23 Å². The Kier molecular flexibility index (Phi) is 4.77. The molecule has 1 heterocycles. The molecule has 0 saturated carbocycles. The van der Waals surface area contributed by atoms with Crippen LogP contribution in [0.1, 0.15) is 16.7 Å². The summed E-state index contributed by atoms with van der Waals surface area (Å²) in [4.78, 5) is 0. The van der Waals surface area contributed by atoms with Crippen LogP contribution in [0.5, 0.6) is 5.75 Å². The number of hydrogen-bond donors (Lipinski definition) is 0. The van der Waals surface area contributed by atoms with Crippen molar-refractivity contribution in [2.24, 2.45) is 0 Å². The third-order valence-corrected chi connectivity index (χ3v) is 7.84. The fraction of sp³-hybridized carbons (Fsp3) is 0.0476. The van der Waals surface area contributed by atoms with Gasteiger partial charge in [-0.25, -0.2) is 8.78 Å². The molecule has 0 fully saturated rings. The fourth-order valence-corrected chi connectivity index (χ4v) is 4.98. The Morgan fingerprint density at radius 3 is 1.73 bits per heavy atom. The van der Waals surface area contributed by atoms with Gasteiger partial charge < -0.3 is 4.74 Å². The maximum absolute atomic E-state index is 13.5. The highest BCUT2D eigenvalue weighted by molar-refractivity contribution is 14.1. The molecule has 3 aromatic carbocycles. The van der Waals surface area contributed by atoms with Gasteiger partial charge in [-0.15, -0.1) is 0 Å². The van der Waals surface area contributed by atoms with Gasteiger partial charge in [-0.05, 0) is 75.5 Å². The van der Waals surface area contributed by atoms with E-state index in [1.54, 1.807) is 24.3 Å². The minimum absolute atomic E-state index is 0.312. The zero-order valence-electron chi connectivity index (χ0n) is 13.3. The van der Waals surface area contributed by atoms with Crippen molar-refractivity contribution in [2.75, 3.05) is 0 Å². The van der Waals surface area contributed by atoms with E-state index < -0.39 is 5.60 Å². The molecule has 0 N–H and O–H groups in total. The lowest BCUT2D eigenvalue weighted by atomic mass is 9.83. The zero-order valence-corrected chi connectivity index (χ0v) is 17.7. The summed E-state index contributed by atoms with van der Waals surface area (Å²) in [6.07, 6.45) is 0. The highest BCUT2D eigenvalue weighted by Crippen LogP contribution is 2.53. The average molecular weight is 572 g/mol. The highest BCUT2D eigenvalue weighted by atomic mass is 127.